The van der Waals surface area contributed by atoms with Gasteiger partial charge in [-0.05, 0) is 54.9 Å². The molecule has 5 heteroatoms. The fourth-order valence-corrected chi connectivity index (χ4v) is 3.25. The Morgan fingerprint density at radius 1 is 0.963 bits per heavy atom. The SMILES string of the molecule is CCc1ccc(OCC(=O)Nc2ccc(N3CCN(CC)CC3)cc2)cc1. The van der Waals surface area contributed by atoms with Gasteiger partial charge < -0.3 is 19.9 Å². The topological polar surface area (TPSA) is 44.8 Å². The van der Waals surface area contributed by atoms with E-state index in [1.165, 1.54) is 11.3 Å². The minimum atomic E-state index is -0.154. The number of aryl methyl sites for hydroxylation is 1. The molecule has 1 N–H and O–H groups in total. The van der Waals surface area contributed by atoms with Gasteiger partial charge in [0.15, 0.2) is 6.61 Å². The molecule has 3 rings (SSSR count). The first-order valence-electron chi connectivity index (χ1n) is 9.77. The molecule has 0 aliphatic carbocycles. The highest BCUT2D eigenvalue weighted by Gasteiger charge is 2.15. The second-order valence-electron chi connectivity index (χ2n) is 6.80. The van der Waals surface area contributed by atoms with Crippen LogP contribution in [0.25, 0.3) is 0 Å². The van der Waals surface area contributed by atoms with Crippen molar-refractivity contribution < 1.29 is 9.53 Å². The number of piperazine rings is 1. The third kappa shape index (κ3) is 5.47. The lowest BCUT2D eigenvalue weighted by atomic mass is 10.2. The van der Waals surface area contributed by atoms with Gasteiger partial charge in [0.1, 0.15) is 5.75 Å². The number of benzene rings is 2. The molecule has 2 aromatic carbocycles. The Morgan fingerprint density at radius 3 is 2.22 bits per heavy atom. The molecule has 144 valence electrons. The zero-order valence-electron chi connectivity index (χ0n) is 16.3. The van der Waals surface area contributed by atoms with Crippen molar-refractivity contribution in [2.45, 2.75) is 20.3 Å². The van der Waals surface area contributed by atoms with Gasteiger partial charge in [0.25, 0.3) is 5.91 Å². The number of carbonyl (C=O) groups excluding carboxylic acids is 1. The average molecular weight is 367 g/mol. The fraction of sp³-hybridized carbons (Fsp3) is 0.409. The summed E-state index contributed by atoms with van der Waals surface area (Å²) in [6, 6.07) is 15.9. The molecule has 0 spiro atoms. The lowest BCUT2D eigenvalue weighted by Gasteiger charge is -2.35. The van der Waals surface area contributed by atoms with Crippen molar-refractivity contribution in [2.24, 2.45) is 0 Å². The molecule has 1 amide bonds. The van der Waals surface area contributed by atoms with Crippen LogP contribution in [0, 0.1) is 0 Å². The second kappa shape index (κ2) is 9.42. The van der Waals surface area contributed by atoms with Crippen LogP contribution in [0.4, 0.5) is 11.4 Å². The number of nitrogens with zero attached hydrogens (tertiary/aromatic N) is 2. The number of nitrogens with one attached hydrogen (secondary N) is 1. The van der Waals surface area contributed by atoms with Crippen LogP contribution in [-0.4, -0.2) is 50.1 Å². The maximum Gasteiger partial charge on any atom is 0.262 e. The number of hydrogen-bond donors (Lipinski definition) is 1. The van der Waals surface area contributed by atoms with Crippen LogP contribution in [-0.2, 0) is 11.2 Å². The standard InChI is InChI=1S/C22H29N3O2/c1-3-18-5-11-21(12-6-18)27-17-22(26)23-19-7-9-20(10-8-19)25-15-13-24(4-2)14-16-25/h5-12H,3-4,13-17H2,1-2H3,(H,23,26). The molecule has 5 nitrogen and oxygen atoms in total. The Kier molecular flexibility index (Phi) is 6.71. The molecule has 2 aromatic rings. The van der Waals surface area contributed by atoms with Crippen molar-refractivity contribution in [1.29, 1.82) is 0 Å². The molecule has 1 fully saturated rings. The summed E-state index contributed by atoms with van der Waals surface area (Å²) < 4.78 is 5.55. The molecule has 1 aliphatic rings. The number of hydrogen-bond acceptors (Lipinski definition) is 4. The zero-order valence-corrected chi connectivity index (χ0v) is 16.3. The summed E-state index contributed by atoms with van der Waals surface area (Å²) in [7, 11) is 0. The van der Waals surface area contributed by atoms with Crippen LogP contribution in [0.3, 0.4) is 0 Å². The van der Waals surface area contributed by atoms with E-state index in [1.807, 2.05) is 36.4 Å². The second-order valence-corrected chi connectivity index (χ2v) is 6.80. The summed E-state index contributed by atoms with van der Waals surface area (Å²) in [6.07, 6.45) is 0.991. The van der Waals surface area contributed by atoms with E-state index >= 15 is 0 Å². The third-order valence-corrected chi connectivity index (χ3v) is 5.04. The largest absolute Gasteiger partial charge is 0.484 e. The summed E-state index contributed by atoms with van der Waals surface area (Å²) in [4.78, 5) is 17.0. The van der Waals surface area contributed by atoms with Gasteiger partial charge in [-0.25, -0.2) is 0 Å². The Bertz CT molecular complexity index is 720. The predicted molar refractivity (Wildman–Crippen MR) is 111 cm³/mol. The summed E-state index contributed by atoms with van der Waals surface area (Å²) in [5.41, 5.74) is 3.25. The van der Waals surface area contributed by atoms with Gasteiger partial charge in [-0.1, -0.05) is 26.0 Å². The van der Waals surface area contributed by atoms with Crippen LogP contribution in [0.15, 0.2) is 48.5 Å². The van der Waals surface area contributed by atoms with Crippen LogP contribution >= 0.6 is 0 Å². The van der Waals surface area contributed by atoms with Crippen LogP contribution in [0.5, 0.6) is 5.75 Å². The van der Waals surface area contributed by atoms with Crippen molar-refractivity contribution >= 4 is 17.3 Å². The first kappa shape index (κ1) is 19.2. The van der Waals surface area contributed by atoms with Crippen molar-refractivity contribution in [3.05, 3.63) is 54.1 Å². The smallest absolute Gasteiger partial charge is 0.262 e. The molecule has 0 radical (unpaired) electrons. The molecule has 1 heterocycles. The molecule has 0 atom stereocenters. The highest BCUT2D eigenvalue weighted by molar-refractivity contribution is 5.92. The van der Waals surface area contributed by atoms with E-state index in [9.17, 15) is 4.79 Å². The molecule has 0 aromatic heterocycles. The van der Waals surface area contributed by atoms with E-state index in [0.29, 0.717) is 5.75 Å². The van der Waals surface area contributed by atoms with Crippen molar-refractivity contribution in [1.82, 2.24) is 4.90 Å². The van der Waals surface area contributed by atoms with Gasteiger partial charge in [0, 0.05) is 37.6 Å². The lowest BCUT2D eigenvalue weighted by molar-refractivity contribution is -0.118. The van der Waals surface area contributed by atoms with Crippen molar-refractivity contribution in [3.8, 4) is 5.75 Å². The normalized spacial score (nSPS) is 14.8. The number of rotatable bonds is 7. The van der Waals surface area contributed by atoms with Crippen molar-refractivity contribution in [2.75, 3.05) is 49.5 Å². The Labute approximate surface area is 161 Å². The predicted octanol–water partition coefficient (Wildman–Crippen LogP) is 3.41. The fourth-order valence-electron chi connectivity index (χ4n) is 3.25. The van der Waals surface area contributed by atoms with Gasteiger partial charge in [-0.15, -0.1) is 0 Å². The molecular formula is C22H29N3O2. The molecular weight excluding hydrogens is 338 g/mol. The average Bonchev–Trinajstić information content (AvgIpc) is 2.73. The molecule has 0 saturated carbocycles. The van der Waals surface area contributed by atoms with E-state index in [1.54, 1.807) is 0 Å². The summed E-state index contributed by atoms with van der Waals surface area (Å²) in [6.45, 7) is 9.73. The third-order valence-electron chi connectivity index (χ3n) is 5.04. The maximum absolute atomic E-state index is 12.1. The van der Waals surface area contributed by atoms with Gasteiger partial charge in [0.2, 0.25) is 0 Å². The Morgan fingerprint density at radius 2 is 1.63 bits per heavy atom. The quantitative estimate of drug-likeness (QED) is 0.815. The monoisotopic (exact) mass is 367 g/mol. The van der Waals surface area contributed by atoms with Crippen LogP contribution in [0.1, 0.15) is 19.4 Å². The highest BCUT2D eigenvalue weighted by atomic mass is 16.5. The van der Waals surface area contributed by atoms with E-state index < -0.39 is 0 Å². The first-order valence-corrected chi connectivity index (χ1v) is 9.77. The van der Waals surface area contributed by atoms with E-state index in [0.717, 1.165) is 44.8 Å². The van der Waals surface area contributed by atoms with Gasteiger partial charge in [-0.3, -0.25) is 4.79 Å². The maximum atomic E-state index is 12.1. The number of carbonyl (C=O) groups is 1. The Hall–Kier alpha value is -2.53. The van der Waals surface area contributed by atoms with Gasteiger partial charge >= 0.3 is 0 Å². The molecule has 1 aliphatic heterocycles. The molecule has 0 bridgehead atoms. The summed E-state index contributed by atoms with van der Waals surface area (Å²) >= 11 is 0. The van der Waals surface area contributed by atoms with E-state index in [2.05, 4.69) is 41.1 Å². The first-order chi connectivity index (χ1) is 13.2. The molecule has 0 unspecified atom stereocenters. The molecule has 1 saturated heterocycles. The highest BCUT2D eigenvalue weighted by Crippen LogP contribution is 2.19. The minimum absolute atomic E-state index is 0.00615. The lowest BCUT2D eigenvalue weighted by Crippen LogP contribution is -2.46. The van der Waals surface area contributed by atoms with Crippen molar-refractivity contribution in [3.63, 3.8) is 0 Å². The van der Waals surface area contributed by atoms with E-state index in [-0.39, 0.29) is 12.5 Å². The number of ether oxygens (including phenoxy) is 1. The number of anilines is 2. The zero-order chi connectivity index (χ0) is 19.1. The molecule has 27 heavy (non-hydrogen) atoms. The number of likely N-dealkylation sites (N-methyl/N-ethyl adjacent to an activating group) is 1. The van der Waals surface area contributed by atoms with Crippen LogP contribution in [0.2, 0.25) is 0 Å². The van der Waals surface area contributed by atoms with Gasteiger partial charge in [-0.2, -0.15) is 0 Å². The Balaban J connectivity index is 1.46. The van der Waals surface area contributed by atoms with Crippen LogP contribution < -0.4 is 15.0 Å². The summed E-state index contributed by atoms with van der Waals surface area (Å²) in [5, 5.41) is 2.89. The van der Waals surface area contributed by atoms with E-state index in [4.69, 9.17) is 4.74 Å². The summed E-state index contributed by atoms with van der Waals surface area (Å²) in [5.74, 6) is 0.558. The number of amides is 1. The minimum Gasteiger partial charge on any atom is -0.484 e. The van der Waals surface area contributed by atoms with Gasteiger partial charge in [0.05, 0.1) is 0 Å².